The van der Waals surface area contributed by atoms with Gasteiger partial charge in [-0.25, -0.2) is 4.79 Å². The zero-order valence-corrected chi connectivity index (χ0v) is 12.3. The van der Waals surface area contributed by atoms with Gasteiger partial charge in [0.1, 0.15) is 5.60 Å². The standard InChI is InChI=1S/C15H18N2O4/c1-15(2,3)21-14(18)16-11-5-4-6-12-7-9-13(10-8-12)17(19)20/h7-10H,5,11H2,1-3H3,(H,16,18). The van der Waals surface area contributed by atoms with Crippen molar-refractivity contribution >= 4 is 11.8 Å². The molecule has 0 radical (unpaired) electrons. The minimum atomic E-state index is -0.519. The second kappa shape index (κ2) is 7.29. The van der Waals surface area contributed by atoms with E-state index in [1.54, 1.807) is 32.9 Å². The monoisotopic (exact) mass is 290 g/mol. The highest BCUT2D eigenvalue weighted by molar-refractivity contribution is 5.67. The van der Waals surface area contributed by atoms with Gasteiger partial charge in [-0.05, 0) is 32.9 Å². The molecule has 112 valence electrons. The van der Waals surface area contributed by atoms with Gasteiger partial charge in [-0.1, -0.05) is 11.8 Å². The molecule has 0 aliphatic heterocycles. The van der Waals surface area contributed by atoms with Crippen LogP contribution in [0.1, 0.15) is 32.8 Å². The van der Waals surface area contributed by atoms with Crippen molar-refractivity contribution in [3.63, 3.8) is 0 Å². The number of nitrogens with zero attached hydrogens (tertiary/aromatic N) is 1. The van der Waals surface area contributed by atoms with Gasteiger partial charge in [0.25, 0.3) is 5.69 Å². The molecule has 1 N–H and O–H groups in total. The van der Waals surface area contributed by atoms with Gasteiger partial charge in [-0.15, -0.1) is 0 Å². The lowest BCUT2D eigenvalue weighted by molar-refractivity contribution is -0.384. The molecule has 0 fully saturated rings. The molecule has 0 aromatic heterocycles. The maximum absolute atomic E-state index is 11.3. The van der Waals surface area contributed by atoms with Crippen LogP contribution in [0.2, 0.25) is 0 Å². The number of alkyl carbamates (subject to hydrolysis) is 1. The molecule has 6 heteroatoms. The highest BCUT2D eigenvalue weighted by Crippen LogP contribution is 2.10. The van der Waals surface area contributed by atoms with Crippen molar-refractivity contribution < 1.29 is 14.5 Å². The first-order valence-corrected chi connectivity index (χ1v) is 6.48. The van der Waals surface area contributed by atoms with E-state index < -0.39 is 16.6 Å². The first-order chi connectivity index (χ1) is 9.78. The predicted octanol–water partition coefficient (Wildman–Crippen LogP) is 2.86. The molecule has 0 saturated heterocycles. The summed E-state index contributed by atoms with van der Waals surface area (Å²) in [5, 5.41) is 13.1. The molecule has 0 aliphatic rings. The molecule has 21 heavy (non-hydrogen) atoms. The molecule has 0 saturated carbocycles. The highest BCUT2D eigenvalue weighted by Gasteiger charge is 2.15. The van der Waals surface area contributed by atoms with Crippen molar-refractivity contribution in [1.82, 2.24) is 5.32 Å². The minimum absolute atomic E-state index is 0.0344. The smallest absolute Gasteiger partial charge is 0.407 e. The van der Waals surface area contributed by atoms with Gasteiger partial charge >= 0.3 is 6.09 Å². The zero-order valence-electron chi connectivity index (χ0n) is 12.3. The number of ether oxygens (including phenoxy) is 1. The number of nitrogens with one attached hydrogen (secondary N) is 1. The predicted molar refractivity (Wildman–Crippen MR) is 78.8 cm³/mol. The summed E-state index contributed by atoms with van der Waals surface area (Å²) in [5.41, 5.74) is 0.208. The summed E-state index contributed by atoms with van der Waals surface area (Å²) >= 11 is 0. The molecular formula is C15H18N2O4. The Morgan fingerprint density at radius 1 is 1.33 bits per heavy atom. The van der Waals surface area contributed by atoms with Gasteiger partial charge in [-0.2, -0.15) is 0 Å². The van der Waals surface area contributed by atoms with Crippen molar-refractivity contribution in [2.75, 3.05) is 6.54 Å². The van der Waals surface area contributed by atoms with E-state index >= 15 is 0 Å². The van der Waals surface area contributed by atoms with Crippen LogP contribution < -0.4 is 5.32 Å². The average Bonchev–Trinajstić information content (AvgIpc) is 2.36. The maximum atomic E-state index is 11.3. The summed E-state index contributed by atoms with van der Waals surface area (Å²) in [6.45, 7) is 5.76. The van der Waals surface area contributed by atoms with Crippen LogP contribution in [0.5, 0.6) is 0 Å². The summed E-state index contributed by atoms with van der Waals surface area (Å²) in [7, 11) is 0. The zero-order chi connectivity index (χ0) is 15.9. The number of carbonyl (C=O) groups excluding carboxylic acids is 1. The largest absolute Gasteiger partial charge is 0.444 e. The maximum Gasteiger partial charge on any atom is 0.407 e. The third-order valence-electron chi connectivity index (χ3n) is 2.23. The molecule has 0 aliphatic carbocycles. The first-order valence-electron chi connectivity index (χ1n) is 6.48. The lowest BCUT2D eigenvalue weighted by Gasteiger charge is -2.19. The van der Waals surface area contributed by atoms with Gasteiger partial charge < -0.3 is 10.1 Å². The number of non-ortho nitro benzene ring substituents is 1. The Bertz CT molecular complexity index is 562. The van der Waals surface area contributed by atoms with Gasteiger partial charge in [0.2, 0.25) is 0 Å². The topological polar surface area (TPSA) is 81.5 Å². The number of hydrogen-bond donors (Lipinski definition) is 1. The van der Waals surface area contributed by atoms with E-state index in [0.717, 1.165) is 0 Å². The lowest BCUT2D eigenvalue weighted by Crippen LogP contribution is -2.32. The highest BCUT2D eigenvalue weighted by atomic mass is 16.6. The van der Waals surface area contributed by atoms with E-state index in [-0.39, 0.29) is 5.69 Å². The van der Waals surface area contributed by atoms with Crippen LogP contribution in [0.15, 0.2) is 24.3 Å². The molecule has 0 atom stereocenters. The van der Waals surface area contributed by atoms with E-state index in [2.05, 4.69) is 17.2 Å². The second-order valence-corrected chi connectivity index (χ2v) is 5.28. The molecule has 0 bridgehead atoms. The Morgan fingerprint density at radius 2 is 1.95 bits per heavy atom. The number of nitro groups is 1. The first kappa shape index (κ1) is 16.5. The minimum Gasteiger partial charge on any atom is -0.444 e. The number of benzene rings is 1. The second-order valence-electron chi connectivity index (χ2n) is 5.28. The number of nitro benzene ring substituents is 1. The van der Waals surface area contributed by atoms with Gasteiger partial charge in [0.15, 0.2) is 0 Å². The number of hydrogen-bond acceptors (Lipinski definition) is 4. The number of carbonyl (C=O) groups is 1. The average molecular weight is 290 g/mol. The fourth-order valence-corrected chi connectivity index (χ4v) is 1.37. The van der Waals surface area contributed by atoms with Crippen LogP contribution in [-0.2, 0) is 4.74 Å². The van der Waals surface area contributed by atoms with Crippen molar-refractivity contribution in [2.24, 2.45) is 0 Å². The van der Waals surface area contributed by atoms with E-state index in [1.807, 2.05) is 0 Å². The fourth-order valence-electron chi connectivity index (χ4n) is 1.37. The van der Waals surface area contributed by atoms with Gasteiger partial charge in [-0.3, -0.25) is 10.1 Å². The molecule has 1 aromatic rings. The number of rotatable bonds is 3. The normalized spacial score (nSPS) is 10.2. The number of amides is 1. The molecule has 1 rings (SSSR count). The summed E-state index contributed by atoms with van der Waals surface area (Å²) < 4.78 is 5.08. The van der Waals surface area contributed by atoms with Crippen LogP contribution in [0.25, 0.3) is 0 Å². The quantitative estimate of drug-likeness (QED) is 0.401. The SMILES string of the molecule is CC(C)(C)OC(=O)NCCC#Cc1ccc([N+](=O)[O-])cc1. The van der Waals surface area contributed by atoms with Crippen LogP contribution in [0.3, 0.4) is 0 Å². The van der Waals surface area contributed by atoms with Crippen LogP contribution in [0.4, 0.5) is 10.5 Å². The summed E-state index contributed by atoms with van der Waals surface area (Å²) in [4.78, 5) is 21.4. The van der Waals surface area contributed by atoms with E-state index in [0.29, 0.717) is 18.5 Å². The molecular weight excluding hydrogens is 272 g/mol. The van der Waals surface area contributed by atoms with E-state index in [4.69, 9.17) is 4.74 Å². The molecule has 1 amide bonds. The molecule has 0 heterocycles. The van der Waals surface area contributed by atoms with Crippen molar-refractivity contribution in [2.45, 2.75) is 32.8 Å². The molecule has 0 spiro atoms. The van der Waals surface area contributed by atoms with Gasteiger partial charge in [0.05, 0.1) is 4.92 Å². The Kier molecular flexibility index (Phi) is 5.73. The van der Waals surface area contributed by atoms with Crippen LogP contribution in [-0.4, -0.2) is 23.2 Å². The summed E-state index contributed by atoms with van der Waals surface area (Å²) in [5.74, 6) is 5.75. The molecule has 1 aromatic carbocycles. The van der Waals surface area contributed by atoms with Crippen LogP contribution in [0, 0.1) is 22.0 Å². The third kappa shape index (κ3) is 6.97. The molecule has 6 nitrogen and oxygen atoms in total. The Balaban J connectivity index is 2.36. The summed E-state index contributed by atoms with van der Waals surface area (Å²) in [6, 6.07) is 5.99. The Morgan fingerprint density at radius 3 is 2.48 bits per heavy atom. The van der Waals surface area contributed by atoms with Crippen molar-refractivity contribution in [1.29, 1.82) is 0 Å². The van der Waals surface area contributed by atoms with Gasteiger partial charge in [0, 0.05) is 30.7 Å². The van der Waals surface area contributed by atoms with E-state index in [1.165, 1.54) is 12.1 Å². The van der Waals surface area contributed by atoms with E-state index in [9.17, 15) is 14.9 Å². The lowest BCUT2D eigenvalue weighted by atomic mass is 10.2. The van der Waals surface area contributed by atoms with Crippen LogP contribution >= 0.6 is 0 Å². The third-order valence-corrected chi connectivity index (χ3v) is 2.23. The molecule has 0 unspecified atom stereocenters. The fraction of sp³-hybridized carbons (Fsp3) is 0.400. The summed E-state index contributed by atoms with van der Waals surface area (Å²) in [6.07, 6.45) is -0.00408. The Hall–Kier alpha value is -2.55. The Labute approximate surface area is 123 Å². The van der Waals surface area contributed by atoms with Crippen molar-refractivity contribution in [3.05, 3.63) is 39.9 Å². The van der Waals surface area contributed by atoms with Crippen molar-refractivity contribution in [3.8, 4) is 11.8 Å².